The molecular formula is C59H65B2N3O. The van der Waals surface area contributed by atoms with E-state index in [0.29, 0.717) is 0 Å². The monoisotopic (exact) mass is 854 g/mol. The zero-order chi connectivity index (χ0) is 46.0. The van der Waals surface area contributed by atoms with Crippen LogP contribution in [0.4, 0.5) is 0 Å². The number of hydrogen-bond donors (Lipinski definition) is 0. The molecule has 0 spiro atoms. The zero-order valence-electron chi connectivity index (χ0n) is 41.7. The van der Waals surface area contributed by atoms with Crippen LogP contribution in [0.25, 0.3) is 38.8 Å². The lowest BCUT2D eigenvalue weighted by Gasteiger charge is -2.42. The van der Waals surface area contributed by atoms with Crippen molar-refractivity contribution in [2.45, 2.75) is 157 Å². The van der Waals surface area contributed by atoms with Gasteiger partial charge in [0.2, 0.25) is 13.4 Å². The van der Waals surface area contributed by atoms with E-state index in [1.54, 1.807) is 0 Å². The van der Waals surface area contributed by atoms with Crippen LogP contribution < -0.4 is 38.5 Å². The number of nitrogens with zero attached hydrogens (tertiary/aromatic N) is 3. The third kappa shape index (κ3) is 5.21. The highest BCUT2D eigenvalue weighted by Gasteiger charge is 2.48. The molecule has 2 aliphatic heterocycles. The van der Waals surface area contributed by atoms with Gasteiger partial charge >= 0.3 is 5.69 Å². The molecule has 0 saturated carbocycles. The van der Waals surface area contributed by atoms with Gasteiger partial charge < -0.3 is 0 Å². The van der Waals surface area contributed by atoms with E-state index in [1.807, 2.05) is 0 Å². The van der Waals surface area contributed by atoms with Crippen LogP contribution in [-0.4, -0.2) is 26.8 Å². The summed E-state index contributed by atoms with van der Waals surface area (Å²) in [5, 5.41) is 2.43. The molecule has 0 bridgehead atoms. The largest absolute Gasteiger partial charge is 0.340 e. The summed E-state index contributed by atoms with van der Waals surface area (Å²) in [5.74, 6) is 0. The number of aromatic nitrogens is 3. The molecule has 65 heavy (non-hydrogen) atoms. The van der Waals surface area contributed by atoms with Gasteiger partial charge in [0.1, 0.15) is 11.3 Å². The predicted octanol–water partition coefficient (Wildman–Crippen LogP) is 9.54. The van der Waals surface area contributed by atoms with Crippen molar-refractivity contribution in [2.24, 2.45) is 0 Å². The van der Waals surface area contributed by atoms with E-state index in [0.717, 1.165) is 48.0 Å². The van der Waals surface area contributed by atoms with E-state index in [2.05, 4.69) is 190 Å². The SMILES string of the molecule is Cc1cccc(C)c1B1c2cc(C(C)(C)C)cc3c2-n2c4c1c1cc5c(cc1n4c(=O)n1c4cc6c(cc4c(c21)B3c1c(C)cccc1C)C(C)(C)CCC6(C)C)C(C)(C)CCC5(C)C. The minimum absolute atomic E-state index is 0.00348. The molecule has 0 saturated heterocycles. The van der Waals surface area contributed by atoms with Crippen LogP contribution in [0.3, 0.4) is 0 Å². The number of rotatable bonds is 2. The van der Waals surface area contributed by atoms with Gasteiger partial charge in [0, 0.05) is 5.69 Å². The van der Waals surface area contributed by atoms with Gasteiger partial charge in [0.05, 0.1) is 11.0 Å². The van der Waals surface area contributed by atoms with E-state index in [1.165, 1.54) is 99.3 Å². The summed E-state index contributed by atoms with van der Waals surface area (Å²) < 4.78 is 6.97. The van der Waals surface area contributed by atoms with Crippen molar-refractivity contribution in [3.63, 3.8) is 0 Å². The van der Waals surface area contributed by atoms with Gasteiger partial charge in [-0.3, -0.25) is 4.57 Å². The molecule has 4 aliphatic rings. The zero-order valence-corrected chi connectivity index (χ0v) is 41.7. The van der Waals surface area contributed by atoms with Gasteiger partial charge in [-0.1, -0.05) is 158 Å². The first-order valence-corrected chi connectivity index (χ1v) is 24.6. The minimum atomic E-state index is -0.119. The third-order valence-corrected chi connectivity index (χ3v) is 17.8. The maximum atomic E-state index is 16.5. The molecule has 0 amide bonds. The molecule has 2 aliphatic carbocycles. The third-order valence-electron chi connectivity index (χ3n) is 17.8. The summed E-state index contributed by atoms with van der Waals surface area (Å²) in [6.45, 7) is 35.6. The van der Waals surface area contributed by atoms with Crippen LogP contribution >= 0.6 is 0 Å². The lowest BCUT2D eigenvalue weighted by atomic mass is 9.30. The maximum absolute atomic E-state index is 16.5. The fourth-order valence-corrected chi connectivity index (χ4v) is 13.8. The van der Waals surface area contributed by atoms with E-state index >= 15 is 4.79 Å². The molecule has 0 radical (unpaired) electrons. The van der Waals surface area contributed by atoms with Crippen molar-refractivity contribution < 1.29 is 0 Å². The lowest BCUT2D eigenvalue weighted by Crippen LogP contribution is -2.65. The average Bonchev–Trinajstić information content (AvgIpc) is 3.74. The van der Waals surface area contributed by atoms with Gasteiger partial charge in [-0.2, -0.15) is 0 Å². The van der Waals surface area contributed by atoms with Gasteiger partial charge in [0.25, 0.3) is 0 Å². The molecule has 328 valence electrons. The molecule has 0 fully saturated rings. The highest BCUT2D eigenvalue weighted by atomic mass is 16.1. The van der Waals surface area contributed by atoms with E-state index in [4.69, 9.17) is 0 Å². The topological polar surface area (TPSA) is 30.8 Å². The first kappa shape index (κ1) is 41.2. The standard InChI is InChI=1S/C59H65B2N3O/c1-32-18-16-19-33(2)47(32)60-43-26-36(55(5,6)7)27-44-51(43)64-52-49(60)37-28-39-41(58(12,13)24-22-56(39,8)9)30-45(37)62(52)54(65)63-46-31-42-40(57(10,11)23-25-59(42,14)15)29-38(46)50(53(63)64)61(44)48-34(3)20-17-21-35(48)4/h16-21,26-31H,22-25H2,1-15H3. The summed E-state index contributed by atoms with van der Waals surface area (Å²) in [6, 6.07) is 28.8. The molecule has 8 aromatic rings. The Kier molecular flexibility index (Phi) is 7.99. The Hall–Kier alpha value is -5.22. The number of hydrogen-bond acceptors (Lipinski definition) is 1. The van der Waals surface area contributed by atoms with Crippen molar-refractivity contribution in [2.75, 3.05) is 0 Å². The van der Waals surface area contributed by atoms with Gasteiger partial charge in [-0.05, 0) is 165 Å². The summed E-state index contributed by atoms with van der Waals surface area (Å²) in [6.07, 6.45) is 4.49. The Morgan fingerprint density at radius 2 is 0.831 bits per heavy atom. The smallest absolute Gasteiger partial charge is 0.283 e. The minimum Gasteiger partial charge on any atom is -0.283 e. The van der Waals surface area contributed by atoms with Crippen LogP contribution in [0.1, 0.15) is 152 Å². The van der Waals surface area contributed by atoms with Crippen molar-refractivity contribution in [1.29, 1.82) is 0 Å². The Balaban J connectivity index is 1.41. The quantitative estimate of drug-likeness (QED) is 0.160. The first-order chi connectivity index (χ1) is 30.4. The van der Waals surface area contributed by atoms with E-state index in [9.17, 15) is 0 Å². The molecule has 5 aromatic carbocycles. The molecular weight excluding hydrogens is 788 g/mol. The van der Waals surface area contributed by atoms with Crippen molar-refractivity contribution >= 4 is 79.3 Å². The van der Waals surface area contributed by atoms with Crippen molar-refractivity contribution in [3.8, 4) is 5.69 Å². The van der Waals surface area contributed by atoms with Gasteiger partial charge in [-0.25, -0.2) is 13.6 Å². The fourth-order valence-electron chi connectivity index (χ4n) is 13.8. The molecule has 0 atom stereocenters. The van der Waals surface area contributed by atoms with Crippen LogP contribution in [0, 0.1) is 27.7 Å². The number of benzene rings is 5. The van der Waals surface area contributed by atoms with Crippen LogP contribution in [0.5, 0.6) is 0 Å². The summed E-state index contributed by atoms with van der Waals surface area (Å²) in [7, 11) is 0. The summed E-state index contributed by atoms with van der Waals surface area (Å²) >= 11 is 0. The number of aryl methyl sites for hydroxylation is 4. The van der Waals surface area contributed by atoms with Crippen LogP contribution in [0.15, 0.2) is 77.6 Å². The Morgan fingerprint density at radius 1 is 0.492 bits per heavy atom. The Morgan fingerprint density at radius 3 is 1.17 bits per heavy atom. The highest BCUT2D eigenvalue weighted by molar-refractivity contribution is 7.03. The van der Waals surface area contributed by atoms with E-state index in [-0.39, 0.29) is 46.2 Å². The van der Waals surface area contributed by atoms with Gasteiger partial charge in [-0.15, -0.1) is 0 Å². The summed E-state index contributed by atoms with van der Waals surface area (Å²) in [4.78, 5) is 16.5. The van der Waals surface area contributed by atoms with Crippen molar-refractivity contribution in [1.82, 2.24) is 13.4 Å². The molecule has 3 aromatic heterocycles. The van der Waals surface area contributed by atoms with Crippen molar-refractivity contribution in [3.05, 3.63) is 133 Å². The molecule has 0 N–H and O–H groups in total. The second-order valence-corrected chi connectivity index (χ2v) is 24.9. The Labute approximate surface area is 386 Å². The average molecular weight is 854 g/mol. The number of fused-ring (bicyclic) bond motifs is 8. The first-order valence-electron chi connectivity index (χ1n) is 24.6. The van der Waals surface area contributed by atoms with Gasteiger partial charge in [0.15, 0.2) is 0 Å². The second-order valence-electron chi connectivity index (χ2n) is 24.9. The van der Waals surface area contributed by atoms with Crippen LogP contribution in [-0.2, 0) is 27.1 Å². The Bertz CT molecular complexity index is 3300. The fraction of sp³-hybridized carbons (Fsp3) is 0.407. The summed E-state index contributed by atoms with van der Waals surface area (Å²) in [5.41, 5.74) is 25.4. The molecule has 12 rings (SSSR count). The second kappa shape index (κ2) is 12.6. The lowest BCUT2D eigenvalue weighted by molar-refractivity contribution is 0.332. The molecule has 5 heterocycles. The molecule has 6 heteroatoms. The molecule has 4 nitrogen and oxygen atoms in total. The maximum Gasteiger partial charge on any atom is 0.340 e. The van der Waals surface area contributed by atoms with Crippen LogP contribution in [0.2, 0.25) is 0 Å². The van der Waals surface area contributed by atoms with E-state index < -0.39 is 0 Å². The molecule has 0 unspecified atom stereocenters. The predicted molar refractivity (Wildman–Crippen MR) is 279 cm³/mol. The normalized spacial score (nSPS) is 18.6. The highest BCUT2D eigenvalue weighted by Crippen LogP contribution is 2.49.